The van der Waals surface area contributed by atoms with Gasteiger partial charge in [-0.1, -0.05) is 44.2 Å². The van der Waals surface area contributed by atoms with Crippen LogP contribution in [-0.4, -0.2) is 24.5 Å². The van der Waals surface area contributed by atoms with Gasteiger partial charge < -0.3 is 10.2 Å². The molecule has 1 N–H and O–H groups in total. The van der Waals surface area contributed by atoms with Gasteiger partial charge in [-0.15, -0.1) is 0 Å². The van der Waals surface area contributed by atoms with Crippen LogP contribution in [0.1, 0.15) is 36.2 Å². The van der Waals surface area contributed by atoms with Crippen molar-refractivity contribution in [2.45, 2.75) is 26.8 Å². The number of nitrogens with one attached hydrogen (secondary N) is 1. The molecule has 1 amide bonds. The molecule has 4 nitrogen and oxygen atoms in total. The summed E-state index contributed by atoms with van der Waals surface area (Å²) in [5, 5.41) is 2.96. The molecule has 2 aromatic rings. The third kappa shape index (κ3) is 5.40. The van der Waals surface area contributed by atoms with Crippen LogP contribution in [0.4, 0.5) is 5.82 Å². The van der Waals surface area contributed by atoms with Crippen molar-refractivity contribution >= 4 is 11.7 Å². The number of rotatable bonds is 7. The van der Waals surface area contributed by atoms with Crippen LogP contribution in [0.2, 0.25) is 0 Å². The molecule has 0 unspecified atom stereocenters. The van der Waals surface area contributed by atoms with Gasteiger partial charge in [0.1, 0.15) is 5.82 Å². The Kier molecular flexibility index (Phi) is 6.15. The summed E-state index contributed by atoms with van der Waals surface area (Å²) < 4.78 is 0. The first-order valence-corrected chi connectivity index (χ1v) is 8.05. The number of anilines is 1. The molecule has 1 aromatic heterocycles. The van der Waals surface area contributed by atoms with Crippen LogP contribution in [0.25, 0.3) is 0 Å². The normalized spacial score (nSPS) is 10.6. The number of pyridine rings is 1. The van der Waals surface area contributed by atoms with Gasteiger partial charge in [0.2, 0.25) is 0 Å². The number of aromatic nitrogens is 1. The zero-order valence-corrected chi connectivity index (χ0v) is 14.1. The van der Waals surface area contributed by atoms with E-state index in [1.54, 1.807) is 12.3 Å². The van der Waals surface area contributed by atoms with Gasteiger partial charge in [-0.05, 0) is 30.0 Å². The molecule has 1 aromatic carbocycles. The SMILES string of the molecule is CC(C)CCNC(=O)c1ccnc(N(C)Cc2ccccc2)c1. The summed E-state index contributed by atoms with van der Waals surface area (Å²) in [7, 11) is 1.98. The molecule has 0 saturated carbocycles. The van der Waals surface area contributed by atoms with Gasteiger partial charge in [-0.25, -0.2) is 4.98 Å². The van der Waals surface area contributed by atoms with Crippen LogP contribution in [0.3, 0.4) is 0 Å². The minimum absolute atomic E-state index is 0.0394. The lowest BCUT2D eigenvalue weighted by Gasteiger charge is -2.18. The lowest BCUT2D eigenvalue weighted by molar-refractivity contribution is 0.0952. The Balaban J connectivity index is 1.99. The highest BCUT2D eigenvalue weighted by atomic mass is 16.1. The van der Waals surface area contributed by atoms with E-state index in [0.717, 1.165) is 18.8 Å². The molecule has 0 radical (unpaired) electrons. The zero-order valence-electron chi connectivity index (χ0n) is 14.1. The van der Waals surface area contributed by atoms with Crippen molar-refractivity contribution in [2.75, 3.05) is 18.5 Å². The quantitative estimate of drug-likeness (QED) is 0.851. The van der Waals surface area contributed by atoms with E-state index < -0.39 is 0 Å². The van der Waals surface area contributed by atoms with Gasteiger partial charge in [0.05, 0.1) is 0 Å². The fourth-order valence-corrected chi connectivity index (χ4v) is 2.28. The summed E-state index contributed by atoms with van der Waals surface area (Å²) >= 11 is 0. The van der Waals surface area contributed by atoms with Gasteiger partial charge in [0.25, 0.3) is 5.91 Å². The van der Waals surface area contributed by atoms with Gasteiger partial charge >= 0.3 is 0 Å². The maximum absolute atomic E-state index is 12.2. The monoisotopic (exact) mass is 311 g/mol. The minimum atomic E-state index is -0.0394. The molecule has 0 bridgehead atoms. The van der Waals surface area contributed by atoms with E-state index in [0.29, 0.717) is 18.0 Å². The average molecular weight is 311 g/mol. The molecule has 4 heteroatoms. The first-order valence-electron chi connectivity index (χ1n) is 8.05. The predicted molar refractivity (Wildman–Crippen MR) is 94.6 cm³/mol. The largest absolute Gasteiger partial charge is 0.355 e. The summed E-state index contributed by atoms with van der Waals surface area (Å²) in [6.07, 6.45) is 2.67. The van der Waals surface area contributed by atoms with Crippen molar-refractivity contribution in [3.8, 4) is 0 Å². The zero-order chi connectivity index (χ0) is 16.7. The first kappa shape index (κ1) is 17.0. The molecule has 0 saturated heterocycles. The van der Waals surface area contributed by atoms with Crippen LogP contribution in [-0.2, 0) is 6.54 Å². The van der Waals surface area contributed by atoms with E-state index in [9.17, 15) is 4.79 Å². The molecule has 0 atom stereocenters. The standard InChI is InChI=1S/C19H25N3O/c1-15(2)9-11-21-19(23)17-10-12-20-18(13-17)22(3)14-16-7-5-4-6-8-16/h4-8,10,12-13,15H,9,11,14H2,1-3H3,(H,21,23). The van der Waals surface area contributed by atoms with Crippen molar-refractivity contribution in [3.63, 3.8) is 0 Å². The molecule has 0 aliphatic rings. The number of carbonyl (C=O) groups excluding carboxylic acids is 1. The third-order valence-electron chi connectivity index (χ3n) is 3.67. The fourth-order valence-electron chi connectivity index (χ4n) is 2.28. The topological polar surface area (TPSA) is 45.2 Å². The predicted octanol–water partition coefficient (Wildman–Crippen LogP) is 3.49. The lowest BCUT2D eigenvalue weighted by atomic mass is 10.1. The highest BCUT2D eigenvalue weighted by Gasteiger charge is 2.09. The van der Waals surface area contributed by atoms with Crippen molar-refractivity contribution in [1.29, 1.82) is 0 Å². The van der Waals surface area contributed by atoms with E-state index in [1.807, 2.05) is 36.2 Å². The van der Waals surface area contributed by atoms with Gasteiger partial charge in [-0.3, -0.25) is 4.79 Å². The first-order chi connectivity index (χ1) is 11.1. The van der Waals surface area contributed by atoms with Crippen molar-refractivity contribution in [1.82, 2.24) is 10.3 Å². The van der Waals surface area contributed by atoms with Gasteiger partial charge in [0, 0.05) is 31.9 Å². The Labute approximate surface area is 138 Å². The second kappa shape index (κ2) is 8.32. The Morgan fingerprint density at radius 1 is 1.22 bits per heavy atom. The Morgan fingerprint density at radius 2 is 1.96 bits per heavy atom. The van der Waals surface area contributed by atoms with E-state index in [2.05, 4.69) is 36.3 Å². The molecular weight excluding hydrogens is 286 g/mol. The fraction of sp³-hybridized carbons (Fsp3) is 0.368. The van der Waals surface area contributed by atoms with Crippen molar-refractivity contribution in [2.24, 2.45) is 5.92 Å². The van der Waals surface area contributed by atoms with Crippen LogP contribution in [0.5, 0.6) is 0 Å². The molecule has 0 spiro atoms. The molecular formula is C19H25N3O. The molecule has 2 rings (SSSR count). The van der Waals surface area contributed by atoms with Crippen molar-refractivity contribution < 1.29 is 4.79 Å². The van der Waals surface area contributed by atoms with Crippen LogP contribution < -0.4 is 10.2 Å². The third-order valence-corrected chi connectivity index (χ3v) is 3.67. The van der Waals surface area contributed by atoms with Gasteiger partial charge in [0.15, 0.2) is 0 Å². The highest BCUT2D eigenvalue weighted by Crippen LogP contribution is 2.14. The smallest absolute Gasteiger partial charge is 0.251 e. The maximum atomic E-state index is 12.2. The summed E-state index contributed by atoms with van der Waals surface area (Å²) in [5.41, 5.74) is 1.86. The summed E-state index contributed by atoms with van der Waals surface area (Å²) in [6, 6.07) is 13.8. The summed E-state index contributed by atoms with van der Waals surface area (Å²) in [5.74, 6) is 1.34. The molecule has 23 heavy (non-hydrogen) atoms. The van der Waals surface area contributed by atoms with Gasteiger partial charge in [-0.2, -0.15) is 0 Å². The second-order valence-electron chi connectivity index (χ2n) is 6.18. The Hall–Kier alpha value is -2.36. The number of hydrogen-bond acceptors (Lipinski definition) is 3. The van der Waals surface area contributed by atoms with Crippen LogP contribution >= 0.6 is 0 Å². The molecule has 122 valence electrons. The number of hydrogen-bond donors (Lipinski definition) is 1. The van der Waals surface area contributed by atoms with Crippen LogP contribution in [0, 0.1) is 5.92 Å². The minimum Gasteiger partial charge on any atom is -0.355 e. The van der Waals surface area contributed by atoms with E-state index in [1.165, 1.54) is 5.56 Å². The molecule has 0 aliphatic carbocycles. The average Bonchev–Trinajstić information content (AvgIpc) is 2.55. The lowest BCUT2D eigenvalue weighted by Crippen LogP contribution is -2.26. The number of benzene rings is 1. The summed E-state index contributed by atoms with van der Waals surface area (Å²) in [6.45, 7) is 5.75. The maximum Gasteiger partial charge on any atom is 0.251 e. The van der Waals surface area contributed by atoms with Crippen LogP contribution in [0.15, 0.2) is 48.7 Å². The second-order valence-corrected chi connectivity index (χ2v) is 6.18. The molecule has 1 heterocycles. The van der Waals surface area contributed by atoms with E-state index in [4.69, 9.17) is 0 Å². The Morgan fingerprint density at radius 3 is 2.65 bits per heavy atom. The highest BCUT2D eigenvalue weighted by molar-refractivity contribution is 5.94. The number of carbonyl (C=O) groups is 1. The number of nitrogens with zero attached hydrogens (tertiary/aromatic N) is 2. The van der Waals surface area contributed by atoms with Crippen molar-refractivity contribution in [3.05, 3.63) is 59.8 Å². The van der Waals surface area contributed by atoms with E-state index >= 15 is 0 Å². The molecule has 0 aliphatic heterocycles. The Bertz CT molecular complexity index is 626. The number of amides is 1. The van der Waals surface area contributed by atoms with E-state index in [-0.39, 0.29) is 5.91 Å². The summed E-state index contributed by atoms with van der Waals surface area (Å²) in [4.78, 5) is 18.6. The molecule has 0 fully saturated rings.